The van der Waals surface area contributed by atoms with Crippen LogP contribution in [0.15, 0.2) is 42.6 Å². The Morgan fingerprint density at radius 2 is 1.92 bits per heavy atom. The van der Waals surface area contributed by atoms with E-state index in [2.05, 4.69) is 72.5 Å². The van der Waals surface area contributed by atoms with Crippen LogP contribution in [-0.4, -0.2) is 43.0 Å². The van der Waals surface area contributed by atoms with Gasteiger partial charge in [-0.25, -0.2) is 0 Å². The molecule has 3 nitrogen and oxygen atoms in total. The van der Waals surface area contributed by atoms with Crippen molar-refractivity contribution in [2.75, 3.05) is 38.1 Å². The van der Waals surface area contributed by atoms with Crippen LogP contribution in [0.4, 0.5) is 5.69 Å². The van der Waals surface area contributed by atoms with Crippen molar-refractivity contribution in [3.05, 3.63) is 75.4 Å². The van der Waals surface area contributed by atoms with Crippen LogP contribution in [0.1, 0.15) is 67.3 Å². The maximum Gasteiger partial charge on any atom is 0.0444 e. The summed E-state index contributed by atoms with van der Waals surface area (Å²) in [6, 6.07) is 11.6. The summed E-state index contributed by atoms with van der Waals surface area (Å²) in [6.07, 6.45) is 8.55. The van der Waals surface area contributed by atoms with E-state index in [0.29, 0.717) is 11.8 Å². The number of rotatable bonds is 8. The first kappa shape index (κ1) is 25.7. The summed E-state index contributed by atoms with van der Waals surface area (Å²) in [4.78, 5) is 7.64. The van der Waals surface area contributed by atoms with Gasteiger partial charge in [-0.05, 0) is 84.9 Å². The number of nitrogens with zero attached hydrogens (tertiary/aromatic N) is 3. The van der Waals surface area contributed by atoms with Gasteiger partial charge in [0.1, 0.15) is 0 Å². The molecule has 0 unspecified atom stereocenters. The monoisotopic (exact) mass is 505 g/mol. The molecule has 2 aromatic carbocycles. The SMILES string of the molecule is C=C([C@@H]1CCN(Cc2cccc3c2N(C)CC3)C1)N(Cc1cc(Cl)c2c(c1)CCCCC2)CC(C)C. The quantitative estimate of drug-likeness (QED) is 0.354. The summed E-state index contributed by atoms with van der Waals surface area (Å²) in [5.74, 6) is 1.12. The van der Waals surface area contributed by atoms with Crippen molar-refractivity contribution in [2.24, 2.45) is 11.8 Å². The third-order valence-electron chi connectivity index (χ3n) is 8.52. The molecule has 1 atom stereocenters. The molecule has 194 valence electrons. The van der Waals surface area contributed by atoms with E-state index in [1.165, 1.54) is 77.7 Å². The smallest absolute Gasteiger partial charge is 0.0444 e. The predicted molar refractivity (Wildman–Crippen MR) is 154 cm³/mol. The molecule has 4 heteroatoms. The minimum absolute atomic E-state index is 0.523. The number of likely N-dealkylation sites (tertiary alicyclic amines) is 1. The van der Waals surface area contributed by atoms with Crippen molar-refractivity contribution in [3.63, 3.8) is 0 Å². The highest BCUT2D eigenvalue weighted by atomic mass is 35.5. The van der Waals surface area contributed by atoms with Crippen molar-refractivity contribution in [2.45, 2.75) is 71.9 Å². The van der Waals surface area contributed by atoms with Crippen LogP contribution in [0.3, 0.4) is 0 Å². The number of aryl methyl sites for hydroxylation is 1. The van der Waals surface area contributed by atoms with Crippen molar-refractivity contribution in [3.8, 4) is 0 Å². The van der Waals surface area contributed by atoms with Crippen LogP contribution in [-0.2, 0) is 32.4 Å². The molecule has 2 aromatic rings. The lowest BCUT2D eigenvalue weighted by atomic mass is 9.98. The lowest BCUT2D eigenvalue weighted by Gasteiger charge is -2.32. The fourth-order valence-corrected chi connectivity index (χ4v) is 7.06. The number of benzene rings is 2. The normalized spacial score (nSPS) is 19.9. The second-order valence-electron chi connectivity index (χ2n) is 11.9. The van der Waals surface area contributed by atoms with E-state index in [9.17, 15) is 0 Å². The summed E-state index contributed by atoms with van der Waals surface area (Å²) in [5, 5.41) is 0.979. The molecule has 0 saturated carbocycles. The Kier molecular flexibility index (Phi) is 7.98. The minimum Gasteiger partial charge on any atom is -0.374 e. The molecule has 0 amide bonds. The highest BCUT2D eigenvalue weighted by molar-refractivity contribution is 6.31. The molecular formula is C32H44ClN3. The average Bonchev–Trinajstić information content (AvgIpc) is 3.38. The van der Waals surface area contributed by atoms with Crippen molar-refractivity contribution in [1.29, 1.82) is 0 Å². The maximum absolute atomic E-state index is 6.81. The third kappa shape index (κ3) is 5.63. The molecule has 5 rings (SSSR count). The molecule has 0 bridgehead atoms. The summed E-state index contributed by atoms with van der Waals surface area (Å²) < 4.78 is 0. The van der Waals surface area contributed by atoms with E-state index < -0.39 is 0 Å². The number of para-hydroxylation sites is 1. The van der Waals surface area contributed by atoms with Crippen LogP contribution in [0.5, 0.6) is 0 Å². The summed E-state index contributed by atoms with van der Waals surface area (Å²) >= 11 is 6.81. The van der Waals surface area contributed by atoms with Crippen molar-refractivity contribution in [1.82, 2.24) is 9.80 Å². The lowest BCUT2D eigenvalue weighted by molar-refractivity contribution is 0.256. The highest BCUT2D eigenvalue weighted by Crippen LogP contribution is 2.35. The Balaban J connectivity index is 1.27. The van der Waals surface area contributed by atoms with Crippen molar-refractivity contribution < 1.29 is 0 Å². The second-order valence-corrected chi connectivity index (χ2v) is 12.3. The van der Waals surface area contributed by atoms with Gasteiger partial charge in [0.15, 0.2) is 0 Å². The van der Waals surface area contributed by atoms with Gasteiger partial charge in [-0.3, -0.25) is 4.90 Å². The zero-order valence-electron chi connectivity index (χ0n) is 22.7. The molecule has 2 aliphatic heterocycles. The molecular weight excluding hydrogens is 462 g/mol. The Hall–Kier alpha value is -1.97. The lowest BCUT2D eigenvalue weighted by Crippen LogP contribution is -2.31. The van der Waals surface area contributed by atoms with E-state index >= 15 is 0 Å². The van der Waals surface area contributed by atoms with E-state index in [0.717, 1.165) is 50.7 Å². The predicted octanol–water partition coefficient (Wildman–Crippen LogP) is 7.10. The van der Waals surface area contributed by atoms with Gasteiger partial charge in [0.05, 0.1) is 0 Å². The molecule has 0 aromatic heterocycles. The van der Waals surface area contributed by atoms with Gasteiger partial charge in [0.25, 0.3) is 0 Å². The number of likely N-dealkylation sites (N-methyl/N-ethyl adjacent to an activating group) is 1. The Morgan fingerprint density at radius 1 is 1.08 bits per heavy atom. The van der Waals surface area contributed by atoms with Gasteiger partial charge < -0.3 is 9.80 Å². The number of fused-ring (bicyclic) bond motifs is 2. The summed E-state index contributed by atoms with van der Waals surface area (Å²) in [7, 11) is 2.24. The standard InChI is InChI=1S/C32H44ClN3/c1-23(2)19-36(20-25-17-27-9-6-5-7-12-30(27)31(33)18-25)24(3)28-14-16-35(21-28)22-29-11-8-10-26-13-15-34(4)32(26)29/h8,10-11,17-18,23,28H,3,5-7,9,12-16,19-22H2,1-2,4H3/t28-/m1/s1. The van der Waals surface area contributed by atoms with Crippen LogP contribution < -0.4 is 4.90 Å². The van der Waals surface area contributed by atoms with Crippen LogP contribution in [0.25, 0.3) is 0 Å². The molecule has 1 saturated heterocycles. The van der Waals surface area contributed by atoms with Gasteiger partial charge in [-0.2, -0.15) is 0 Å². The fourth-order valence-electron chi connectivity index (χ4n) is 6.70. The first-order chi connectivity index (χ1) is 17.4. The minimum atomic E-state index is 0.523. The topological polar surface area (TPSA) is 9.72 Å². The Bertz CT molecular complexity index is 1090. The first-order valence-corrected chi connectivity index (χ1v) is 14.5. The molecule has 0 spiro atoms. The molecule has 36 heavy (non-hydrogen) atoms. The van der Waals surface area contributed by atoms with Gasteiger partial charge in [0.2, 0.25) is 0 Å². The van der Waals surface area contributed by atoms with Crippen LogP contribution in [0.2, 0.25) is 5.02 Å². The zero-order valence-corrected chi connectivity index (χ0v) is 23.4. The van der Waals surface area contributed by atoms with E-state index in [1.54, 1.807) is 0 Å². The molecule has 2 heterocycles. The van der Waals surface area contributed by atoms with Crippen LogP contribution >= 0.6 is 11.6 Å². The Morgan fingerprint density at radius 3 is 2.75 bits per heavy atom. The van der Waals surface area contributed by atoms with E-state index in [4.69, 9.17) is 11.6 Å². The van der Waals surface area contributed by atoms with E-state index in [1.807, 2.05) is 0 Å². The second kappa shape index (κ2) is 11.2. The molecule has 0 N–H and O–H groups in total. The number of halogens is 1. The highest BCUT2D eigenvalue weighted by Gasteiger charge is 2.29. The van der Waals surface area contributed by atoms with Gasteiger partial charge in [-0.15, -0.1) is 0 Å². The first-order valence-electron chi connectivity index (χ1n) is 14.2. The molecule has 0 radical (unpaired) electrons. The average molecular weight is 506 g/mol. The zero-order chi connectivity index (χ0) is 25.2. The molecule has 1 aliphatic carbocycles. The third-order valence-corrected chi connectivity index (χ3v) is 8.86. The maximum atomic E-state index is 6.81. The van der Waals surface area contributed by atoms with Gasteiger partial charge in [-0.1, -0.05) is 62.7 Å². The number of hydrogen-bond donors (Lipinski definition) is 0. The van der Waals surface area contributed by atoms with Crippen LogP contribution in [0, 0.1) is 11.8 Å². The largest absolute Gasteiger partial charge is 0.374 e. The fraction of sp³-hybridized carbons (Fsp3) is 0.562. The van der Waals surface area contributed by atoms with Gasteiger partial charge >= 0.3 is 0 Å². The number of hydrogen-bond acceptors (Lipinski definition) is 3. The summed E-state index contributed by atoms with van der Waals surface area (Å²) in [6.45, 7) is 15.7. The molecule has 3 aliphatic rings. The summed E-state index contributed by atoms with van der Waals surface area (Å²) in [5.41, 5.74) is 10.0. The Labute approximate surface area is 224 Å². The van der Waals surface area contributed by atoms with Gasteiger partial charge in [0, 0.05) is 62.1 Å². The van der Waals surface area contributed by atoms with E-state index in [-0.39, 0.29) is 0 Å². The molecule has 1 fully saturated rings. The number of anilines is 1. The van der Waals surface area contributed by atoms with Crippen molar-refractivity contribution >= 4 is 17.3 Å².